The molecule has 96 valence electrons. The molecule has 0 radical (unpaired) electrons. The number of allylic oxidation sites excluding steroid dienone is 3. The summed E-state index contributed by atoms with van der Waals surface area (Å²) in [5, 5.41) is 3.15. The summed E-state index contributed by atoms with van der Waals surface area (Å²) in [7, 11) is 0. The second kappa shape index (κ2) is 4.90. The molecular weight excluding hydrogens is 248 g/mol. The first-order chi connectivity index (χ1) is 8.74. The summed E-state index contributed by atoms with van der Waals surface area (Å²) >= 11 is 5.61. The number of rotatable bonds is 1. The molecule has 1 fully saturated rings. The monoisotopic (exact) mass is 264 g/mol. The van der Waals surface area contributed by atoms with Gasteiger partial charge in [-0.2, -0.15) is 0 Å². The molecule has 3 heterocycles. The fourth-order valence-electron chi connectivity index (χ4n) is 2.91. The van der Waals surface area contributed by atoms with Crippen LogP contribution < -0.4 is 5.32 Å². The zero-order valence-corrected chi connectivity index (χ0v) is 11.0. The van der Waals surface area contributed by atoms with Crippen molar-refractivity contribution in [2.75, 3.05) is 26.2 Å². The Morgan fingerprint density at radius 2 is 2.28 bits per heavy atom. The lowest BCUT2D eigenvalue weighted by Gasteiger charge is -2.35. The molecule has 0 bridgehead atoms. The van der Waals surface area contributed by atoms with E-state index < -0.39 is 0 Å². The molecule has 0 amide bonds. The SMILES string of the molecule is O=C(Cl)C1C=CC2=CC=C3CNCCC3CN2C1. The van der Waals surface area contributed by atoms with E-state index in [0.29, 0.717) is 5.92 Å². The highest BCUT2D eigenvalue weighted by molar-refractivity contribution is 6.64. The van der Waals surface area contributed by atoms with Gasteiger partial charge in [-0.15, -0.1) is 0 Å². The van der Waals surface area contributed by atoms with Gasteiger partial charge in [0.05, 0.1) is 5.92 Å². The third kappa shape index (κ3) is 2.25. The number of hydrogen-bond donors (Lipinski definition) is 1. The molecule has 1 N–H and O–H groups in total. The van der Waals surface area contributed by atoms with E-state index in [1.807, 2.05) is 12.2 Å². The molecule has 0 aromatic rings. The lowest BCUT2D eigenvalue weighted by Crippen LogP contribution is -2.39. The van der Waals surface area contributed by atoms with Crippen LogP contribution in [-0.4, -0.2) is 36.3 Å². The van der Waals surface area contributed by atoms with E-state index in [0.717, 1.165) is 26.2 Å². The largest absolute Gasteiger partial charge is 0.370 e. The van der Waals surface area contributed by atoms with Crippen molar-refractivity contribution in [3.05, 3.63) is 35.6 Å². The molecule has 0 aliphatic carbocycles. The smallest absolute Gasteiger partial charge is 0.230 e. The Morgan fingerprint density at radius 1 is 1.39 bits per heavy atom. The number of piperidine rings is 1. The topological polar surface area (TPSA) is 32.3 Å². The maximum Gasteiger partial charge on any atom is 0.230 e. The number of nitrogens with zero attached hydrogens (tertiary/aromatic N) is 1. The fourth-order valence-corrected chi connectivity index (χ4v) is 3.05. The van der Waals surface area contributed by atoms with Gasteiger partial charge < -0.3 is 10.2 Å². The Balaban J connectivity index is 1.84. The predicted molar refractivity (Wildman–Crippen MR) is 72.2 cm³/mol. The van der Waals surface area contributed by atoms with Crippen molar-refractivity contribution in [2.24, 2.45) is 11.8 Å². The highest BCUT2D eigenvalue weighted by Crippen LogP contribution is 2.28. The summed E-state index contributed by atoms with van der Waals surface area (Å²) in [5.74, 6) is 0.449. The second-order valence-corrected chi connectivity index (χ2v) is 5.54. The summed E-state index contributed by atoms with van der Waals surface area (Å²) in [5.41, 5.74) is 2.68. The van der Waals surface area contributed by atoms with Crippen LogP contribution in [0.1, 0.15) is 6.42 Å². The zero-order valence-electron chi connectivity index (χ0n) is 10.2. The van der Waals surface area contributed by atoms with E-state index in [9.17, 15) is 4.79 Å². The predicted octanol–water partition coefficient (Wildman–Crippen LogP) is 1.67. The van der Waals surface area contributed by atoms with Crippen LogP contribution in [-0.2, 0) is 4.79 Å². The number of fused-ring (bicyclic) bond motifs is 2. The van der Waals surface area contributed by atoms with Crippen molar-refractivity contribution < 1.29 is 4.79 Å². The summed E-state index contributed by atoms with van der Waals surface area (Å²) in [6.45, 7) is 3.79. The maximum absolute atomic E-state index is 11.3. The van der Waals surface area contributed by atoms with Crippen molar-refractivity contribution in [3.8, 4) is 0 Å². The molecule has 4 heteroatoms. The first-order valence-electron chi connectivity index (χ1n) is 6.48. The summed E-state index contributed by atoms with van der Waals surface area (Å²) in [6.07, 6.45) is 9.51. The zero-order chi connectivity index (χ0) is 12.5. The molecule has 2 unspecified atom stereocenters. The quantitative estimate of drug-likeness (QED) is 0.732. The highest BCUT2D eigenvalue weighted by atomic mass is 35.5. The van der Waals surface area contributed by atoms with Gasteiger partial charge in [0, 0.05) is 31.2 Å². The normalized spacial score (nSPS) is 30.8. The third-order valence-electron chi connectivity index (χ3n) is 4.01. The minimum atomic E-state index is -0.256. The second-order valence-electron chi connectivity index (χ2n) is 5.17. The van der Waals surface area contributed by atoms with Gasteiger partial charge >= 0.3 is 0 Å². The maximum atomic E-state index is 11.3. The molecule has 18 heavy (non-hydrogen) atoms. The Hall–Kier alpha value is -1.06. The molecule has 3 nitrogen and oxygen atoms in total. The summed E-state index contributed by atoms with van der Waals surface area (Å²) in [6, 6.07) is 0. The molecule has 0 aromatic heterocycles. The van der Waals surface area contributed by atoms with E-state index >= 15 is 0 Å². The van der Waals surface area contributed by atoms with Gasteiger partial charge in [0.2, 0.25) is 5.24 Å². The minimum Gasteiger partial charge on any atom is -0.370 e. The molecule has 3 aliphatic rings. The number of hydrogen-bond acceptors (Lipinski definition) is 3. The average Bonchev–Trinajstić information content (AvgIpc) is 2.56. The van der Waals surface area contributed by atoms with Crippen LogP contribution in [0.2, 0.25) is 0 Å². The standard InChI is InChI=1S/C14H17ClN2O/c15-14(18)12-2-4-13-3-1-10-7-16-6-5-11(10)8-17(13)9-12/h1-4,11-12,16H,5-9H2. The van der Waals surface area contributed by atoms with Crippen molar-refractivity contribution in [1.29, 1.82) is 0 Å². The molecule has 2 atom stereocenters. The van der Waals surface area contributed by atoms with Crippen molar-refractivity contribution in [2.45, 2.75) is 6.42 Å². The lowest BCUT2D eigenvalue weighted by molar-refractivity contribution is -0.114. The van der Waals surface area contributed by atoms with Crippen LogP contribution in [0.4, 0.5) is 0 Å². The van der Waals surface area contributed by atoms with Gasteiger partial charge in [0.25, 0.3) is 0 Å². The van der Waals surface area contributed by atoms with Crippen LogP contribution in [0, 0.1) is 11.8 Å². The highest BCUT2D eigenvalue weighted by Gasteiger charge is 2.28. The molecule has 0 spiro atoms. The van der Waals surface area contributed by atoms with Crippen molar-refractivity contribution >= 4 is 16.8 Å². The van der Waals surface area contributed by atoms with Gasteiger partial charge in [0.1, 0.15) is 0 Å². The lowest BCUT2D eigenvalue weighted by atomic mass is 9.91. The van der Waals surface area contributed by atoms with Crippen molar-refractivity contribution in [3.63, 3.8) is 0 Å². The van der Waals surface area contributed by atoms with E-state index in [1.165, 1.54) is 17.7 Å². The van der Waals surface area contributed by atoms with E-state index in [4.69, 9.17) is 11.6 Å². The Bertz CT molecular complexity index is 453. The Morgan fingerprint density at radius 3 is 3.11 bits per heavy atom. The molecular formula is C14H17ClN2O. The summed E-state index contributed by atoms with van der Waals surface area (Å²) < 4.78 is 0. The van der Waals surface area contributed by atoms with E-state index in [2.05, 4.69) is 22.4 Å². The Kier molecular flexibility index (Phi) is 3.27. The van der Waals surface area contributed by atoms with Gasteiger partial charge in [-0.25, -0.2) is 0 Å². The number of carbonyl (C=O) groups excluding carboxylic acids is 1. The first kappa shape index (κ1) is 12.0. The molecule has 3 rings (SSSR count). The van der Waals surface area contributed by atoms with Gasteiger partial charge in [-0.05, 0) is 36.7 Å². The van der Waals surface area contributed by atoms with Crippen LogP contribution in [0.15, 0.2) is 35.6 Å². The molecule has 0 saturated carbocycles. The molecule has 1 saturated heterocycles. The van der Waals surface area contributed by atoms with Gasteiger partial charge in [0.15, 0.2) is 0 Å². The van der Waals surface area contributed by atoms with Crippen LogP contribution in [0.3, 0.4) is 0 Å². The van der Waals surface area contributed by atoms with E-state index in [1.54, 1.807) is 0 Å². The fraction of sp³-hybridized carbons (Fsp3) is 0.500. The van der Waals surface area contributed by atoms with Crippen LogP contribution in [0.25, 0.3) is 0 Å². The number of halogens is 1. The van der Waals surface area contributed by atoms with Crippen LogP contribution in [0.5, 0.6) is 0 Å². The van der Waals surface area contributed by atoms with Crippen LogP contribution >= 0.6 is 11.6 Å². The molecule has 0 aromatic carbocycles. The third-order valence-corrected chi connectivity index (χ3v) is 4.29. The minimum absolute atomic E-state index is 0.160. The van der Waals surface area contributed by atoms with Gasteiger partial charge in [-0.3, -0.25) is 4.79 Å². The number of carbonyl (C=O) groups is 1. The molecule has 3 aliphatic heterocycles. The average molecular weight is 265 g/mol. The van der Waals surface area contributed by atoms with E-state index in [-0.39, 0.29) is 11.2 Å². The first-order valence-corrected chi connectivity index (χ1v) is 6.86. The summed E-state index contributed by atoms with van der Waals surface area (Å²) in [4.78, 5) is 13.6. The Labute approximate surface area is 112 Å². The van der Waals surface area contributed by atoms with Crippen molar-refractivity contribution in [1.82, 2.24) is 10.2 Å². The number of nitrogens with one attached hydrogen (secondary N) is 1. The van der Waals surface area contributed by atoms with Gasteiger partial charge in [-0.1, -0.05) is 17.7 Å².